The molecule has 67 heavy (non-hydrogen) atoms. The van der Waals surface area contributed by atoms with Crippen molar-refractivity contribution in [3.63, 3.8) is 0 Å². The van der Waals surface area contributed by atoms with Crippen LogP contribution >= 0.6 is 0 Å². The second-order valence-electron chi connectivity index (χ2n) is 16.9. The van der Waals surface area contributed by atoms with E-state index in [9.17, 15) is 8.78 Å². The van der Waals surface area contributed by atoms with Gasteiger partial charge in [-0.2, -0.15) is 9.97 Å². The summed E-state index contributed by atoms with van der Waals surface area (Å²) in [5.41, 5.74) is 12.9. The summed E-state index contributed by atoms with van der Waals surface area (Å²) < 4.78 is 39.4. The van der Waals surface area contributed by atoms with Crippen molar-refractivity contribution in [2.45, 2.75) is 12.8 Å². The van der Waals surface area contributed by atoms with Gasteiger partial charge in [0.05, 0.1) is 22.1 Å². The summed E-state index contributed by atoms with van der Waals surface area (Å²) in [5, 5.41) is 4.19. The fraction of sp³-hybridized carbons (Fsp3) is 0.0345. The third-order valence-corrected chi connectivity index (χ3v) is 12.8. The molecule has 0 amide bonds. The molecule has 13 rings (SSSR count). The van der Waals surface area contributed by atoms with Crippen molar-refractivity contribution in [1.82, 2.24) is 29.1 Å². The second kappa shape index (κ2) is 15.4. The van der Waals surface area contributed by atoms with Gasteiger partial charge in [0.25, 0.3) is 0 Å². The van der Waals surface area contributed by atoms with E-state index in [0.29, 0.717) is 34.6 Å². The predicted octanol–water partition coefficient (Wildman–Crippen LogP) is 14.9. The standard InChI is InChI=1S/C58H36F2N6O/c59-42-24-19-36(20-25-42)55-62-56(37-21-26-43(60)27-22-37)64-58(63-55)66-51-18-10-8-16-46(51)48-29-28-47-45-15-7-9-17-50(45)65(53(47)54(48)66)44-32-40(35-11-3-1-4-12-35)31-41(33-44)39-23-30-52-49(34-39)61-57(67-52)38-13-5-2-6-14-38/h1-3,5-11,13-34H,4,12H2. The molecule has 0 bridgehead atoms. The van der Waals surface area contributed by atoms with Gasteiger partial charge in [-0.3, -0.25) is 4.57 Å². The lowest BCUT2D eigenvalue weighted by atomic mass is 9.93. The molecule has 0 radical (unpaired) electrons. The van der Waals surface area contributed by atoms with Gasteiger partial charge in [-0.05, 0) is 138 Å². The van der Waals surface area contributed by atoms with E-state index < -0.39 is 0 Å². The van der Waals surface area contributed by atoms with E-state index >= 15 is 0 Å². The Morgan fingerprint density at radius 1 is 0.463 bits per heavy atom. The maximum atomic E-state index is 14.3. The minimum atomic E-state index is -0.367. The Morgan fingerprint density at radius 2 is 1.06 bits per heavy atom. The number of hydrogen-bond donors (Lipinski definition) is 0. The molecule has 9 heteroatoms. The molecule has 0 fully saturated rings. The minimum Gasteiger partial charge on any atom is -0.436 e. The number of para-hydroxylation sites is 2. The SMILES string of the molecule is Fc1ccc(-c2nc(-c3ccc(F)cc3)nc(-n3c4ccccc4c4ccc5c6ccccc6n(-c6cc(C7=CC=CCC7)cc(-c7ccc8oc(-c9ccccc9)nc8c7)c6)c5c43)n2)cc1. The Hall–Kier alpha value is -8.82. The molecule has 0 atom stereocenters. The van der Waals surface area contributed by atoms with Gasteiger partial charge < -0.3 is 8.98 Å². The summed E-state index contributed by atoms with van der Waals surface area (Å²) in [4.78, 5) is 20.2. The highest BCUT2D eigenvalue weighted by molar-refractivity contribution is 6.23. The molecule has 7 nitrogen and oxygen atoms in total. The summed E-state index contributed by atoms with van der Waals surface area (Å²) in [6, 6.07) is 56.5. The predicted molar refractivity (Wildman–Crippen MR) is 264 cm³/mol. The number of fused-ring (bicyclic) bond motifs is 8. The third kappa shape index (κ3) is 6.54. The zero-order valence-electron chi connectivity index (χ0n) is 35.7. The van der Waals surface area contributed by atoms with E-state index in [4.69, 9.17) is 24.4 Å². The maximum Gasteiger partial charge on any atom is 0.238 e. The number of nitrogens with zero attached hydrogens (tertiary/aromatic N) is 6. The molecule has 318 valence electrons. The average molecular weight is 871 g/mol. The van der Waals surface area contributed by atoms with Crippen LogP contribution in [0.5, 0.6) is 0 Å². The summed E-state index contributed by atoms with van der Waals surface area (Å²) in [7, 11) is 0. The monoisotopic (exact) mass is 870 g/mol. The van der Waals surface area contributed by atoms with Crippen LogP contribution in [0.3, 0.4) is 0 Å². The number of oxazole rings is 1. The first-order valence-corrected chi connectivity index (χ1v) is 22.2. The summed E-state index contributed by atoms with van der Waals surface area (Å²) in [6.45, 7) is 0. The Kier molecular flexibility index (Phi) is 8.89. The number of aromatic nitrogens is 6. The van der Waals surface area contributed by atoms with Crippen LogP contribution in [-0.2, 0) is 0 Å². The maximum absolute atomic E-state index is 14.3. The summed E-state index contributed by atoms with van der Waals surface area (Å²) in [5.74, 6) is 0.931. The van der Waals surface area contributed by atoms with Gasteiger partial charge in [0.2, 0.25) is 11.8 Å². The van der Waals surface area contributed by atoms with Gasteiger partial charge in [-0.25, -0.2) is 18.7 Å². The lowest BCUT2D eigenvalue weighted by molar-refractivity contribution is 0.620. The fourth-order valence-corrected chi connectivity index (χ4v) is 9.64. The number of benzene rings is 8. The quantitative estimate of drug-likeness (QED) is 0.159. The van der Waals surface area contributed by atoms with Crippen LogP contribution < -0.4 is 0 Å². The van der Waals surface area contributed by atoms with E-state index in [2.05, 4.69) is 106 Å². The van der Waals surface area contributed by atoms with E-state index in [0.717, 1.165) is 95.5 Å². The molecule has 4 aromatic heterocycles. The molecule has 0 aliphatic heterocycles. The van der Waals surface area contributed by atoms with Crippen LogP contribution in [0, 0.1) is 11.6 Å². The molecule has 0 unspecified atom stereocenters. The van der Waals surface area contributed by atoms with Crippen molar-refractivity contribution in [1.29, 1.82) is 0 Å². The molecule has 1 aliphatic carbocycles. The van der Waals surface area contributed by atoms with Crippen molar-refractivity contribution in [2.24, 2.45) is 0 Å². The molecule has 8 aromatic carbocycles. The number of rotatable bonds is 7. The topological polar surface area (TPSA) is 74.6 Å². The van der Waals surface area contributed by atoms with Gasteiger partial charge in [-0.1, -0.05) is 91.0 Å². The molecule has 12 aromatic rings. The first-order valence-electron chi connectivity index (χ1n) is 22.2. The summed E-state index contributed by atoms with van der Waals surface area (Å²) >= 11 is 0. The van der Waals surface area contributed by atoms with Crippen LogP contribution in [-0.4, -0.2) is 29.1 Å². The highest BCUT2D eigenvalue weighted by atomic mass is 19.1. The molecule has 0 saturated heterocycles. The average Bonchev–Trinajstić information content (AvgIpc) is 4.07. The van der Waals surface area contributed by atoms with Gasteiger partial charge in [0, 0.05) is 43.9 Å². The van der Waals surface area contributed by atoms with E-state index in [1.165, 1.54) is 29.8 Å². The number of allylic oxidation sites excluding steroid dienone is 4. The zero-order chi connectivity index (χ0) is 44.6. The molecular weight excluding hydrogens is 835 g/mol. The molecule has 1 aliphatic rings. The van der Waals surface area contributed by atoms with Crippen LogP contribution in [0.2, 0.25) is 0 Å². The van der Waals surface area contributed by atoms with Crippen molar-refractivity contribution in [3.05, 3.63) is 211 Å². The fourth-order valence-electron chi connectivity index (χ4n) is 9.64. The lowest BCUT2D eigenvalue weighted by Crippen LogP contribution is -2.07. The van der Waals surface area contributed by atoms with Crippen LogP contribution in [0.15, 0.2) is 199 Å². The number of halogens is 2. The van der Waals surface area contributed by atoms with Crippen LogP contribution in [0.1, 0.15) is 18.4 Å². The second-order valence-corrected chi connectivity index (χ2v) is 16.9. The zero-order valence-corrected chi connectivity index (χ0v) is 35.7. The molecular formula is C58H36F2N6O. The Balaban J connectivity index is 1.11. The highest BCUT2D eigenvalue weighted by Crippen LogP contribution is 2.43. The highest BCUT2D eigenvalue weighted by Gasteiger charge is 2.24. The molecule has 0 saturated carbocycles. The van der Waals surface area contributed by atoms with Crippen LogP contribution in [0.25, 0.3) is 117 Å². The largest absolute Gasteiger partial charge is 0.436 e. The van der Waals surface area contributed by atoms with Crippen molar-refractivity contribution < 1.29 is 13.2 Å². The van der Waals surface area contributed by atoms with Crippen LogP contribution in [0.4, 0.5) is 8.78 Å². The first kappa shape index (κ1) is 38.6. The van der Waals surface area contributed by atoms with Gasteiger partial charge in [-0.15, -0.1) is 0 Å². The molecule has 4 heterocycles. The third-order valence-electron chi connectivity index (χ3n) is 12.8. The Labute approximate surface area is 382 Å². The van der Waals surface area contributed by atoms with Crippen molar-refractivity contribution in [2.75, 3.05) is 0 Å². The molecule has 0 N–H and O–H groups in total. The smallest absolute Gasteiger partial charge is 0.238 e. The lowest BCUT2D eigenvalue weighted by Gasteiger charge is -2.17. The summed E-state index contributed by atoms with van der Waals surface area (Å²) in [6.07, 6.45) is 8.46. The van der Waals surface area contributed by atoms with Gasteiger partial charge in [0.1, 0.15) is 17.2 Å². The van der Waals surface area contributed by atoms with E-state index in [1.54, 1.807) is 24.3 Å². The number of hydrogen-bond acceptors (Lipinski definition) is 5. The molecule has 0 spiro atoms. The van der Waals surface area contributed by atoms with Crippen molar-refractivity contribution >= 4 is 60.3 Å². The minimum absolute atomic E-state index is 0.357. The van der Waals surface area contributed by atoms with Gasteiger partial charge in [0.15, 0.2) is 17.2 Å². The van der Waals surface area contributed by atoms with E-state index in [-0.39, 0.29) is 11.6 Å². The Bertz CT molecular complexity index is 3930. The van der Waals surface area contributed by atoms with Crippen molar-refractivity contribution in [3.8, 4) is 57.0 Å². The van der Waals surface area contributed by atoms with Gasteiger partial charge >= 0.3 is 0 Å². The normalized spacial score (nSPS) is 12.8. The first-order chi connectivity index (χ1) is 33.0. The Morgan fingerprint density at radius 3 is 1.72 bits per heavy atom. The van der Waals surface area contributed by atoms with E-state index in [1.807, 2.05) is 48.5 Å².